The number of aliphatic hydroxyl groups excluding tert-OH is 2. The van der Waals surface area contributed by atoms with Crippen LogP contribution in [-0.2, 0) is 28.8 Å². The quantitative estimate of drug-likeness (QED) is 0.109. The summed E-state index contributed by atoms with van der Waals surface area (Å²) in [6.07, 6.45) is 3.29. The number of hydrogen-bond donors (Lipinski definition) is 6. The molecule has 0 aromatic carbocycles. The van der Waals surface area contributed by atoms with Crippen molar-refractivity contribution in [2.45, 2.75) is 41.5 Å². The second-order valence-electron chi connectivity index (χ2n) is 8.13. The molecule has 26 nitrogen and oxygen atoms in total. The van der Waals surface area contributed by atoms with E-state index in [0.29, 0.717) is 23.0 Å². The molecule has 4 heterocycles. The predicted molar refractivity (Wildman–Crippen MR) is 184 cm³/mol. The van der Waals surface area contributed by atoms with Gasteiger partial charge in [0.05, 0.1) is 0 Å². The first-order chi connectivity index (χ1) is 25.9. The molecule has 0 atom stereocenters. The predicted octanol–water partition coefficient (Wildman–Crippen LogP) is -8.05. The van der Waals surface area contributed by atoms with Crippen LogP contribution in [0, 0.1) is 76.3 Å². The zero-order chi connectivity index (χ0) is 45.4. The van der Waals surface area contributed by atoms with Gasteiger partial charge >= 0.3 is 76.3 Å². The van der Waals surface area contributed by atoms with Gasteiger partial charge in [0.15, 0.2) is 11.6 Å². The summed E-state index contributed by atoms with van der Waals surface area (Å²) >= 11 is 0. The van der Waals surface area contributed by atoms with Crippen LogP contribution in [0.3, 0.4) is 0 Å². The zero-order valence-electron chi connectivity index (χ0n) is 31.9. The van der Waals surface area contributed by atoms with E-state index in [2.05, 4.69) is 39.9 Å². The summed E-state index contributed by atoms with van der Waals surface area (Å²) in [5, 5.41) is 67.3. The minimum absolute atomic E-state index is 0. The molecular weight excluding hydrogens is 1080 g/mol. The first kappa shape index (κ1) is 70.6. The maximum absolute atomic E-state index is 8.89. The molecule has 0 saturated carbocycles. The third kappa shape index (κ3) is 68.8. The summed E-state index contributed by atoms with van der Waals surface area (Å²) in [5.74, 6) is -5.35. The Bertz CT molecular complexity index is 1440. The fraction of sp³-hybridized carbons (Fsp3) is 0.267. The largest absolute Gasteiger partial charge is 3.00 e. The van der Waals surface area contributed by atoms with Crippen LogP contribution >= 0.6 is 0 Å². The van der Waals surface area contributed by atoms with E-state index in [1.165, 1.54) is 0 Å². The molecule has 0 aliphatic heterocycles. The smallest absolute Gasteiger partial charge is 0.550 e. The summed E-state index contributed by atoms with van der Waals surface area (Å²) in [6.45, 7) is 5.83. The number of anilines is 4. The molecule has 326 valence electrons. The molecule has 28 heteroatoms. The molecule has 0 aliphatic rings. The molecule has 0 unspecified atom stereocenters. The number of aliphatic carboxylic acids is 6. The maximum atomic E-state index is 8.89. The standard InChI is InChI=1S/2C8H8N6.6C2H4O2.2CH4O.2Dy/c2*9-7-12-6(13-8(10)14-7)5-3-1-2-4-11-5;6*1-2(3)4;2*1-2;;/h2*1-4H,(H4,9,10,12,13,14);6*1H3,(H,3,4);2*2H,1H3;;/q;;;;;;;;;;2*+3/p-6. The van der Waals surface area contributed by atoms with Gasteiger partial charge in [-0.15, -0.1) is 0 Å². The number of carbonyl (C=O) groups excluding carboxylic acids is 6. The Morgan fingerprint density at radius 2 is 0.586 bits per heavy atom. The number of nitrogens with two attached hydrogens (primary N) is 4. The minimum Gasteiger partial charge on any atom is -0.550 e. The van der Waals surface area contributed by atoms with Gasteiger partial charge in [0.25, 0.3) is 0 Å². The summed E-state index contributed by atoms with van der Waals surface area (Å²) in [6, 6.07) is 10.8. The van der Waals surface area contributed by atoms with Crippen molar-refractivity contribution in [2.75, 3.05) is 37.2 Å². The van der Waals surface area contributed by atoms with E-state index in [1.807, 2.05) is 12.1 Å². The normalized spacial score (nSPS) is 7.62. The van der Waals surface area contributed by atoms with Crippen molar-refractivity contribution in [1.82, 2.24) is 39.9 Å². The maximum Gasteiger partial charge on any atom is 3.00 e. The van der Waals surface area contributed by atoms with Crippen molar-refractivity contribution < 1.29 is 146 Å². The van der Waals surface area contributed by atoms with Crippen molar-refractivity contribution in [3.8, 4) is 23.0 Å². The van der Waals surface area contributed by atoms with E-state index < -0.39 is 35.8 Å². The van der Waals surface area contributed by atoms with Crippen LogP contribution in [-0.4, -0.2) is 100 Å². The second kappa shape index (κ2) is 48.0. The molecule has 0 spiro atoms. The molecule has 2 radical (unpaired) electrons. The first-order valence-electron chi connectivity index (χ1n) is 14.2. The Morgan fingerprint density at radius 3 is 0.724 bits per heavy atom. The van der Waals surface area contributed by atoms with E-state index in [0.717, 1.165) is 55.8 Å². The number of rotatable bonds is 2. The SMILES string of the molecule is CC(=O)[O-].CC(=O)[O-].CC(=O)[O-].CC(=O)[O-].CC(=O)[O-].CC(=O)[O-].CO.CO.Nc1nc(N)nc(-c2ccccn2)n1.Nc1nc(N)nc(-c2ccccn2)n1.[Dy+3].[Dy+3]. The molecule has 4 rings (SSSR count). The van der Waals surface area contributed by atoms with Crippen molar-refractivity contribution in [2.24, 2.45) is 0 Å². The van der Waals surface area contributed by atoms with Crippen molar-refractivity contribution in [3.05, 3.63) is 48.8 Å². The van der Waals surface area contributed by atoms with Gasteiger partial charge in [-0.2, -0.15) is 29.9 Å². The van der Waals surface area contributed by atoms with Crippen molar-refractivity contribution in [1.29, 1.82) is 0 Å². The molecule has 0 bridgehead atoms. The molecule has 4 aromatic heterocycles. The molecule has 0 aliphatic carbocycles. The van der Waals surface area contributed by atoms with Gasteiger partial charge < -0.3 is 92.6 Å². The van der Waals surface area contributed by atoms with Crippen LogP contribution in [0.5, 0.6) is 0 Å². The zero-order valence-corrected chi connectivity index (χ0v) is 36.0. The number of carbonyl (C=O) groups is 6. The number of hydrogen-bond acceptors (Lipinski definition) is 26. The van der Waals surface area contributed by atoms with Gasteiger partial charge in [0.1, 0.15) is 11.4 Å². The van der Waals surface area contributed by atoms with Crippen LogP contribution in [0.1, 0.15) is 41.5 Å². The first-order valence-corrected chi connectivity index (χ1v) is 14.2. The van der Waals surface area contributed by atoms with Crippen molar-refractivity contribution >= 4 is 59.6 Å². The molecule has 0 amide bonds. The number of carboxylic acid groups (broad SMARTS) is 6. The summed E-state index contributed by atoms with van der Waals surface area (Å²) in [7, 11) is 2.00. The molecule has 10 N–H and O–H groups in total. The second-order valence-corrected chi connectivity index (χ2v) is 8.13. The van der Waals surface area contributed by atoms with Crippen LogP contribution in [0.15, 0.2) is 48.8 Å². The fourth-order valence-corrected chi connectivity index (χ4v) is 2.04. The summed E-state index contributed by atoms with van der Waals surface area (Å²) in [4.78, 5) is 84.5. The van der Waals surface area contributed by atoms with E-state index in [1.54, 1.807) is 36.7 Å². The Labute approximate surface area is 392 Å². The summed E-state index contributed by atoms with van der Waals surface area (Å²) < 4.78 is 0. The Kier molecular flexibility index (Phi) is 58.4. The van der Waals surface area contributed by atoms with E-state index in [4.69, 9.17) is 92.6 Å². The topological polar surface area (TPSA) is 488 Å². The van der Waals surface area contributed by atoms with Gasteiger partial charge in [-0.1, -0.05) is 12.1 Å². The van der Waals surface area contributed by atoms with Gasteiger partial charge in [0, 0.05) is 62.4 Å². The third-order valence-electron chi connectivity index (χ3n) is 3.13. The Morgan fingerprint density at radius 1 is 0.414 bits per heavy atom. The van der Waals surface area contributed by atoms with Gasteiger partial charge in [-0.25, -0.2) is 0 Å². The average Bonchev–Trinajstić information content (AvgIpc) is 3.05. The van der Waals surface area contributed by atoms with Crippen molar-refractivity contribution in [3.63, 3.8) is 0 Å². The van der Waals surface area contributed by atoms with Gasteiger partial charge in [0.2, 0.25) is 23.8 Å². The number of aromatic nitrogens is 8. The van der Waals surface area contributed by atoms with E-state index in [9.17, 15) is 0 Å². The average molecular weight is 1120 g/mol. The number of nitrogen functional groups attached to an aromatic ring is 4. The van der Waals surface area contributed by atoms with Gasteiger partial charge in [-0.3, -0.25) is 9.97 Å². The number of pyridine rings is 2. The molecular formula is C30H42Dy2N12O14. The minimum atomic E-state index is -1.08. The number of aliphatic hydroxyl groups is 2. The van der Waals surface area contributed by atoms with Crippen LogP contribution in [0.2, 0.25) is 0 Å². The van der Waals surface area contributed by atoms with E-state index in [-0.39, 0.29) is 100 Å². The molecule has 0 saturated heterocycles. The third-order valence-corrected chi connectivity index (χ3v) is 3.13. The molecule has 4 aromatic rings. The Balaban J connectivity index is -0.0000000876. The van der Waals surface area contributed by atoms with E-state index >= 15 is 0 Å². The van der Waals surface area contributed by atoms with Crippen LogP contribution < -0.4 is 53.6 Å². The Hall–Kier alpha value is -5.19. The number of nitrogens with zero attached hydrogens (tertiary/aromatic N) is 8. The number of carboxylic acids is 6. The molecule has 0 fully saturated rings. The monoisotopic (exact) mass is 1120 g/mol. The fourth-order valence-electron chi connectivity index (χ4n) is 2.04. The van der Waals surface area contributed by atoms with Gasteiger partial charge in [-0.05, 0) is 65.8 Å². The van der Waals surface area contributed by atoms with Crippen LogP contribution in [0.4, 0.5) is 23.8 Å². The molecule has 58 heavy (non-hydrogen) atoms. The summed E-state index contributed by atoms with van der Waals surface area (Å²) in [5.41, 5.74) is 22.9. The van der Waals surface area contributed by atoms with Crippen LogP contribution in [0.25, 0.3) is 23.0 Å².